The minimum atomic E-state index is 0.746. The molecule has 0 spiro atoms. The van der Waals surface area contributed by atoms with Gasteiger partial charge in [-0.2, -0.15) is 0 Å². The Kier molecular flexibility index (Phi) is 27.2. The van der Waals surface area contributed by atoms with E-state index in [1.165, 1.54) is 209 Å². The summed E-state index contributed by atoms with van der Waals surface area (Å²) in [6.07, 6.45) is 0. The topological polar surface area (TPSA) is 162 Å². The largest absolute Gasteiger partial charge is 0.441 e. The summed E-state index contributed by atoms with van der Waals surface area (Å²) in [7, 11) is 8.30. The number of fused-ring (bicyclic) bond motifs is 8. The number of thiazole rings is 2. The lowest BCUT2D eigenvalue weighted by atomic mass is 9.90. The van der Waals surface area contributed by atoms with Crippen molar-refractivity contribution in [3.05, 3.63) is 223 Å². The lowest BCUT2D eigenvalue weighted by molar-refractivity contribution is 0.559. The zero-order valence-electron chi connectivity index (χ0n) is 79.5. The van der Waals surface area contributed by atoms with E-state index < -0.39 is 0 Å². The first-order valence-corrected chi connectivity index (χ1v) is 42.7. The monoisotopic (exact) mass is 1610 g/mol. The van der Waals surface area contributed by atoms with Crippen LogP contribution in [0.3, 0.4) is 0 Å². The minimum absolute atomic E-state index is 0.746. The molecule has 11 heterocycles. The third kappa shape index (κ3) is 16.8. The molecule has 620 valence electrons. The molecule has 17 heteroatoms. The molecule has 0 atom stereocenters. The molecule has 16 rings (SSSR count). The normalized spacial score (nSPS) is 11.2. The van der Waals surface area contributed by atoms with Crippen LogP contribution in [0.25, 0.3) is 86.8 Å². The molecule has 117 heavy (non-hydrogen) atoms. The molecule has 0 unspecified atom stereocenters. The number of imidazole rings is 3. The summed E-state index contributed by atoms with van der Waals surface area (Å²) in [5.74, 6) is 3.86. The summed E-state index contributed by atoms with van der Waals surface area (Å²) in [6.45, 7) is 85.5. The fourth-order valence-electron chi connectivity index (χ4n) is 16.2. The maximum absolute atomic E-state index is 5.60. The molecule has 0 saturated heterocycles. The molecule has 0 bridgehead atoms. The number of benzene rings is 5. The number of nitrogens with zero attached hydrogens (tertiary/aromatic N) is 14. The van der Waals surface area contributed by atoms with Gasteiger partial charge in [0.05, 0.1) is 52.5 Å². The summed E-state index contributed by atoms with van der Waals surface area (Å²) in [6, 6.07) is 0. The van der Waals surface area contributed by atoms with Crippen molar-refractivity contribution in [2.75, 3.05) is 0 Å². The molecule has 11 aromatic heterocycles. The maximum Gasteiger partial charge on any atom is 0.192 e. The van der Waals surface area contributed by atoms with Crippen LogP contribution < -0.4 is 0 Å². The molecule has 0 aliphatic heterocycles. The maximum atomic E-state index is 5.60. The second-order valence-corrected chi connectivity index (χ2v) is 35.8. The Balaban J connectivity index is 0.000000153. The highest BCUT2D eigenvalue weighted by atomic mass is 32.1. The molecule has 0 radical (unpaired) electrons. The predicted molar refractivity (Wildman–Crippen MR) is 503 cm³/mol. The van der Waals surface area contributed by atoms with Crippen molar-refractivity contribution < 1.29 is 4.42 Å². The number of pyridine rings is 4. The molecule has 0 amide bonds. The number of aryl methyl sites for hydroxylation is 29. The lowest BCUT2D eigenvalue weighted by Gasteiger charge is -2.17. The zero-order chi connectivity index (χ0) is 87.8. The van der Waals surface area contributed by atoms with Crippen LogP contribution in [0.15, 0.2) is 4.42 Å². The van der Waals surface area contributed by atoms with Gasteiger partial charge in [0.25, 0.3) is 0 Å². The Morgan fingerprint density at radius 3 is 1.15 bits per heavy atom. The van der Waals surface area contributed by atoms with Crippen LogP contribution in [-0.2, 0) is 28.2 Å². The number of hydrogen-bond acceptors (Lipinski definition) is 13. The third-order valence-corrected chi connectivity index (χ3v) is 29.4. The van der Waals surface area contributed by atoms with Gasteiger partial charge in [-0.15, -0.1) is 22.7 Å². The molecule has 5 aromatic carbocycles. The molecule has 0 saturated carbocycles. The van der Waals surface area contributed by atoms with Gasteiger partial charge in [0, 0.05) is 74.4 Å². The van der Waals surface area contributed by atoms with Crippen LogP contribution in [0.5, 0.6) is 0 Å². The van der Waals surface area contributed by atoms with Crippen LogP contribution in [0, 0.1) is 277 Å². The molecule has 0 fully saturated rings. The van der Waals surface area contributed by atoms with Crippen LogP contribution in [0.4, 0.5) is 0 Å². The molecule has 0 N–H and O–H groups in total. The highest BCUT2D eigenvalue weighted by Gasteiger charge is 2.22. The summed E-state index contributed by atoms with van der Waals surface area (Å²) in [5, 5.41) is 5.07. The van der Waals surface area contributed by atoms with Crippen LogP contribution in [-0.4, -0.2) is 68.1 Å². The van der Waals surface area contributed by atoms with Gasteiger partial charge in [0.1, 0.15) is 28.5 Å². The first-order chi connectivity index (χ1) is 54.4. The summed E-state index contributed by atoms with van der Waals surface area (Å²) in [4.78, 5) is 45.3. The van der Waals surface area contributed by atoms with Crippen molar-refractivity contribution in [3.8, 4) is 0 Å². The lowest BCUT2D eigenvalue weighted by Crippen LogP contribution is -2.01. The van der Waals surface area contributed by atoms with Gasteiger partial charge in [-0.1, -0.05) is 0 Å². The van der Waals surface area contributed by atoms with Gasteiger partial charge in [0.2, 0.25) is 0 Å². The van der Waals surface area contributed by atoms with E-state index in [0.29, 0.717) is 0 Å². The fraction of sp³-hybridized carbons (Fsp3) is 0.440. The first-order valence-electron chi connectivity index (χ1n) is 41.0. The van der Waals surface area contributed by atoms with Gasteiger partial charge >= 0.3 is 0 Å². The first kappa shape index (κ1) is 91.1. The standard InChI is InChI=1S/C16H21N.C15H21N.C13H18N2.C12H15NO.C12H15NS.2C11H15N3.C10H12N2S/c1-8-9(2)13(6)16-15(11(8)4)12(5)10(3)14(7)17-16;1-8-9(2)11(4)15-14(10(8)3)12(5)13(6)16(15)7;1-7-8(2)10(4)13-12(9(7)3)14-11(5)15(13)6;2*1-6-7(2)9(4)12-11(8(6)3)13-10(5)14-12;1-6-7(2)10-11(12-8(6)3)13-9(4)14(10)5;1-6-7(2)10-11(12-8(6)3)14(5)9(4)13-10;1-5-6(2)9-10(11-7(5)3)12-8(4)13-9/h1-7H3;1-7H3;1-6H3;4*1-5H3;1-4H3. The zero-order valence-corrected chi connectivity index (χ0v) is 81.1. The second kappa shape index (κ2) is 35.0. The van der Waals surface area contributed by atoms with Crippen molar-refractivity contribution in [1.29, 1.82) is 0 Å². The van der Waals surface area contributed by atoms with E-state index in [9.17, 15) is 0 Å². The van der Waals surface area contributed by atoms with Gasteiger partial charge in [-0.25, -0.2) is 44.9 Å². The SMILES string of the molecule is Cc1c(C)c(C)c2c(c1C)c(C)c(C)n2C.Cc1c(C)c(C)c2c(nc(C)n2C)c1C.Cc1nc2c(C)c(C)c(C)c(C)c2c(C)c1C.Cc1nc2c(C)c(C)c(C)c(C)c2o1.Cc1nc2c(C)c(C)c(C)c(C)c2s1.Cc1nc2c(nc(C)n2C)c(C)c1C.Cc1nc2nc(C)c(C)c(C)c2s1.Cc1nc2nc(C)n(C)c2c(C)c1C. The van der Waals surface area contributed by atoms with Crippen molar-refractivity contribution >= 4 is 110 Å². The predicted octanol–water partition coefficient (Wildman–Crippen LogP) is 26.1. The van der Waals surface area contributed by atoms with E-state index >= 15 is 0 Å². The van der Waals surface area contributed by atoms with Gasteiger partial charge < -0.3 is 22.7 Å². The number of oxazole rings is 1. The average molecular weight is 1610 g/mol. The molecule has 0 aliphatic rings. The van der Waals surface area contributed by atoms with Crippen molar-refractivity contribution in [3.63, 3.8) is 0 Å². The van der Waals surface area contributed by atoms with Crippen molar-refractivity contribution in [2.45, 2.75) is 277 Å². The summed E-state index contributed by atoms with van der Waals surface area (Å²) >= 11 is 3.53. The Bertz CT molecular complexity index is 6400. The smallest absolute Gasteiger partial charge is 0.192 e. The number of hydrogen-bond donors (Lipinski definition) is 0. The number of rotatable bonds is 0. The van der Waals surface area contributed by atoms with Gasteiger partial charge in [0.15, 0.2) is 28.4 Å². The van der Waals surface area contributed by atoms with Crippen LogP contribution >= 0.6 is 22.7 Å². The van der Waals surface area contributed by atoms with E-state index in [2.05, 4.69) is 301 Å². The Hall–Kier alpha value is -9.84. The van der Waals surface area contributed by atoms with Gasteiger partial charge in [-0.3, -0.25) is 4.98 Å². The highest BCUT2D eigenvalue weighted by Crippen LogP contribution is 2.38. The third-order valence-electron chi connectivity index (χ3n) is 27.3. The fourth-order valence-corrected chi connectivity index (χ4v) is 18.1. The molecule has 15 nitrogen and oxygen atoms in total. The van der Waals surface area contributed by atoms with E-state index in [1.807, 2.05) is 67.1 Å². The Morgan fingerprint density at radius 2 is 0.573 bits per heavy atom. The average Bonchev–Trinajstić information content (AvgIpc) is 1.73. The van der Waals surface area contributed by atoms with E-state index in [-0.39, 0.29) is 0 Å². The summed E-state index contributed by atoms with van der Waals surface area (Å²) < 4.78 is 16.9. The van der Waals surface area contributed by atoms with Crippen LogP contribution in [0.2, 0.25) is 0 Å². The summed E-state index contributed by atoms with van der Waals surface area (Å²) in [5.41, 5.74) is 58.1. The van der Waals surface area contributed by atoms with Crippen molar-refractivity contribution in [1.82, 2.24) is 68.1 Å². The van der Waals surface area contributed by atoms with Crippen LogP contribution in [0.1, 0.15) is 223 Å². The Labute approximate surface area is 705 Å². The Morgan fingerprint density at radius 1 is 0.214 bits per heavy atom. The number of aromatic nitrogens is 14. The van der Waals surface area contributed by atoms with Gasteiger partial charge in [-0.05, 0) is 431 Å². The molecular formula is C100H132N14OS2. The molecule has 16 aromatic rings. The van der Waals surface area contributed by atoms with Crippen molar-refractivity contribution in [2.24, 2.45) is 28.2 Å². The highest BCUT2D eigenvalue weighted by molar-refractivity contribution is 7.19. The van der Waals surface area contributed by atoms with E-state index in [0.717, 1.165) is 101 Å². The molecular weight excluding hydrogens is 1480 g/mol. The second-order valence-electron chi connectivity index (χ2n) is 33.4. The minimum Gasteiger partial charge on any atom is -0.441 e. The van der Waals surface area contributed by atoms with E-state index in [1.54, 1.807) is 22.7 Å². The van der Waals surface area contributed by atoms with E-state index in [4.69, 9.17) is 9.40 Å². The quantitative estimate of drug-likeness (QED) is 0.142. The molecule has 0 aliphatic carbocycles.